The van der Waals surface area contributed by atoms with Crippen molar-refractivity contribution < 1.29 is 13.5 Å². The number of hydrogen-bond donors (Lipinski definition) is 4. The molecule has 0 amide bonds. The number of dihydropyridines is 1. The van der Waals surface area contributed by atoms with Crippen molar-refractivity contribution in [3.8, 4) is 0 Å². The van der Waals surface area contributed by atoms with E-state index in [-0.39, 0.29) is 24.6 Å². The van der Waals surface area contributed by atoms with Crippen molar-refractivity contribution in [1.29, 1.82) is 0 Å². The van der Waals surface area contributed by atoms with E-state index in [4.69, 9.17) is 21.9 Å². The maximum Gasteiger partial charge on any atom is 0.251 e. The van der Waals surface area contributed by atoms with Crippen molar-refractivity contribution in [3.05, 3.63) is 70.8 Å². The summed E-state index contributed by atoms with van der Waals surface area (Å²) in [5, 5.41) is 3.24. The molecule has 9 nitrogen and oxygen atoms in total. The lowest BCUT2D eigenvalue weighted by Gasteiger charge is -2.38. The second-order valence-electron chi connectivity index (χ2n) is 9.39. The highest BCUT2D eigenvalue weighted by molar-refractivity contribution is 5.99. The molecule has 0 spiro atoms. The van der Waals surface area contributed by atoms with Gasteiger partial charge in [0.15, 0.2) is 0 Å². The van der Waals surface area contributed by atoms with E-state index >= 15 is 0 Å². The lowest BCUT2D eigenvalue weighted by atomic mass is 9.99. The van der Waals surface area contributed by atoms with Gasteiger partial charge in [-0.05, 0) is 42.0 Å². The van der Waals surface area contributed by atoms with Gasteiger partial charge in [0.05, 0.1) is 37.5 Å². The van der Waals surface area contributed by atoms with E-state index < -0.39 is 6.43 Å². The highest BCUT2D eigenvalue weighted by Crippen LogP contribution is 2.27. The van der Waals surface area contributed by atoms with Crippen molar-refractivity contribution >= 4 is 12.4 Å². The van der Waals surface area contributed by atoms with E-state index in [0.717, 1.165) is 28.2 Å². The predicted molar refractivity (Wildman–Crippen MR) is 145 cm³/mol. The minimum atomic E-state index is -2.31. The number of likely N-dealkylation sites (tertiary alicyclic amines) is 1. The zero-order valence-corrected chi connectivity index (χ0v) is 21.6. The van der Waals surface area contributed by atoms with Crippen LogP contribution >= 0.6 is 0 Å². The van der Waals surface area contributed by atoms with Crippen molar-refractivity contribution in [1.82, 2.24) is 15.1 Å². The Morgan fingerprint density at radius 2 is 2.03 bits per heavy atom. The van der Waals surface area contributed by atoms with Crippen molar-refractivity contribution in [2.45, 2.75) is 32.4 Å². The molecule has 0 radical (unpaired) electrons. The van der Waals surface area contributed by atoms with Crippen LogP contribution in [0.3, 0.4) is 0 Å². The fraction of sp³-hybridized carbons (Fsp3) is 0.462. The lowest BCUT2D eigenvalue weighted by molar-refractivity contribution is -0.0685. The number of halogens is 2. The van der Waals surface area contributed by atoms with Crippen LogP contribution in [-0.2, 0) is 4.74 Å². The molecule has 0 bridgehead atoms. The first-order valence-electron chi connectivity index (χ1n) is 12.3. The number of alkyl halides is 2. The SMILES string of the molecule is CC(C)C(=C/N)/C=C(\N)NC1=CC=C2N=CC(C(C=NCCOC3CN(CC(F)F)C3)=CN)=CC2N1C. The molecule has 11 heteroatoms. The summed E-state index contributed by atoms with van der Waals surface area (Å²) in [4.78, 5) is 12.7. The third-order valence-electron chi connectivity index (χ3n) is 6.29. The Bertz CT molecular complexity index is 1050. The minimum Gasteiger partial charge on any atom is -0.404 e. The monoisotopic (exact) mass is 516 g/mol. The largest absolute Gasteiger partial charge is 0.404 e. The molecule has 202 valence electrons. The van der Waals surface area contributed by atoms with Gasteiger partial charge in [0, 0.05) is 49.9 Å². The molecular weight excluding hydrogens is 478 g/mol. The predicted octanol–water partition coefficient (Wildman–Crippen LogP) is 1.80. The number of allylic oxidation sites excluding steroid dienone is 6. The van der Waals surface area contributed by atoms with Crippen LogP contribution in [0.15, 0.2) is 80.7 Å². The van der Waals surface area contributed by atoms with E-state index in [1.165, 1.54) is 6.20 Å². The van der Waals surface area contributed by atoms with Gasteiger partial charge in [-0.1, -0.05) is 13.8 Å². The molecule has 3 heterocycles. The molecule has 0 aliphatic carbocycles. The Labute approximate surface area is 217 Å². The van der Waals surface area contributed by atoms with Gasteiger partial charge in [-0.2, -0.15) is 0 Å². The van der Waals surface area contributed by atoms with Crippen LogP contribution in [0.2, 0.25) is 0 Å². The molecule has 0 saturated carbocycles. The fourth-order valence-corrected chi connectivity index (χ4v) is 4.09. The van der Waals surface area contributed by atoms with Gasteiger partial charge in [0.1, 0.15) is 11.6 Å². The molecule has 0 aromatic carbocycles. The Balaban J connectivity index is 1.54. The fourth-order valence-electron chi connectivity index (χ4n) is 4.09. The summed E-state index contributed by atoms with van der Waals surface area (Å²) in [7, 11) is 1.96. The lowest BCUT2D eigenvalue weighted by Crippen LogP contribution is -2.53. The Morgan fingerprint density at radius 3 is 2.68 bits per heavy atom. The van der Waals surface area contributed by atoms with Crippen LogP contribution in [-0.4, -0.2) is 80.6 Å². The Morgan fingerprint density at radius 1 is 1.27 bits per heavy atom. The van der Waals surface area contributed by atoms with Crippen LogP contribution in [0.4, 0.5) is 8.78 Å². The molecular formula is C26H38F2N8O. The molecule has 3 aliphatic heterocycles. The number of nitrogens with one attached hydrogen (secondary N) is 1. The first kappa shape index (κ1) is 28.1. The molecule has 1 saturated heterocycles. The van der Waals surface area contributed by atoms with E-state index in [0.29, 0.717) is 32.1 Å². The molecule has 1 unspecified atom stereocenters. The van der Waals surface area contributed by atoms with E-state index in [1.54, 1.807) is 23.5 Å². The van der Waals surface area contributed by atoms with Crippen molar-refractivity contribution in [2.24, 2.45) is 33.1 Å². The van der Waals surface area contributed by atoms with E-state index in [9.17, 15) is 8.78 Å². The molecule has 3 aliphatic rings. The number of fused-ring (bicyclic) bond motifs is 1. The highest BCUT2D eigenvalue weighted by Gasteiger charge is 2.29. The summed E-state index contributed by atoms with van der Waals surface area (Å²) in [6.07, 6.45) is 12.0. The number of ether oxygens (including phenoxy) is 1. The summed E-state index contributed by atoms with van der Waals surface area (Å²) in [6.45, 7) is 5.83. The van der Waals surface area contributed by atoms with Gasteiger partial charge >= 0.3 is 0 Å². The van der Waals surface area contributed by atoms with Crippen LogP contribution < -0.4 is 22.5 Å². The van der Waals surface area contributed by atoms with Crippen LogP contribution in [0.25, 0.3) is 0 Å². The quantitative estimate of drug-likeness (QED) is 0.177. The summed E-state index contributed by atoms with van der Waals surface area (Å²) in [5.41, 5.74) is 21.2. The molecule has 1 fully saturated rings. The smallest absolute Gasteiger partial charge is 0.251 e. The first-order chi connectivity index (χ1) is 17.7. The van der Waals surface area contributed by atoms with Crippen molar-refractivity contribution in [2.75, 3.05) is 39.8 Å². The van der Waals surface area contributed by atoms with E-state index in [2.05, 4.69) is 35.2 Å². The minimum absolute atomic E-state index is 0.0123. The molecule has 3 rings (SSSR count). The second-order valence-corrected chi connectivity index (χ2v) is 9.39. The van der Waals surface area contributed by atoms with Gasteiger partial charge in [-0.15, -0.1) is 0 Å². The zero-order valence-electron chi connectivity index (χ0n) is 21.6. The zero-order chi connectivity index (χ0) is 26.9. The number of nitrogens with two attached hydrogens (primary N) is 3. The number of rotatable bonds is 12. The molecule has 7 N–H and O–H groups in total. The summed E-state index contributed by atoms with van der Waals surface area (Å²) in [6, 6.07) is -0.114. The van der Waals surface area contributed by atoms with Crippen LogP contribution in [0, 0.1) is 5.92 Å². The van der Waals surface area contributed by atoms with Gasteiger partial charge in [0.25, 0.3) is 6.43 Å². The number of nitrogens with zero attached hydrogens (tertiary/aromatic N) is 4. The second kappa shape index (κ2) is 13.2. The highest BCUT2D eigenvalue weighted by atomic mass is 19.3. The molecule has 37 heavy (non-hydrogen) atoms. The van der Waals surface area contributed by atoms with E-state index in [1.807, 2.05) is 30.2 Å². The Hall–Kier alpha value is -3.44. The number of likely N-dealkylation sites (N-methyl/N-ethyl adjacent to an activating group) is 1. The standard InChI is InChI=1S/C26H38F2N8O/c1-17(2)18(10-29)9-25(31)34-26-5-4-22-23(35(26)3)8-19(13-33-22)20(11-30)12-32-6-7-37-21-14-36(15-21)16-24(27)28/h4-5,8-13,17,21,23-24,34H,6-7,14-16,29-31H2,1-3H3/b18-10+,20-11?,25-9+,32-12?. The number of aliphatic imine (C=N–C) groups is 2. The van der Waals surface area contributed by atoms with Gasteiger partial charge in [0.2, 0.25) is 0 Å². The van der Waals surface area contributed by atoms with Crippen LogP contribution in [0.5, 0.6) is 0 Å². The third kappa shape index (κ3) is 7.77. The molecule has 0 aromatic heterocycles. The normalized spacial score (nSPS) is 21.8. The summed E-state index contributed by atoms with van der Waals surface area (Å²) >= 11 is 0. The average Bonchev–Trinajstić information content (AvgIpc) is 2.84. The number of hydrogen-bond acceptors (Lipinski definition) is 9. The first-order valence-corrected chi connectivity index (χ1v) is 12.3. The Kier molecular flexibility index (Phi) is 10.0. The maximum atomic E-state index is 12.4. The summed E-state index contributed by atoms with van der Waals surface area (Å²) < 4.78 is 30.4. The van der Waals surface area contributed by atoms with Crippen LogP contribution in [0.1, 0.15) is 13.8 Å². The molecule has 0 aromatic rings. The van der Waals surface area contributed by atoms with Gasteiger partial charge in [-0.3, -0.25) is 14.9 Å². The topological polar surface area (TPSA) is 131 Å². The van der Waals surface area contributed by atoms with Gasteiger partial charge < -0.3 is 32.2 Å². The summed E-state index contributed by atoms with van der Waals surface area (Å²) in [5.74, 6) is 1.57. The maximum absolute atomic E-state index is 12.4. The van der Waals surface area contributed by atoms with Crippen molar-refractivity contribution in [3.63, 3.8) is 0 Å². The van der Waals surface area contributed by atoms with Gasteiger partial charge in [-0.25, -0.2) is 8.78 Å². The molecule has 1 atom stereocenters. The average molecular weight is 517 g/mol. The third-order valence-corrected chi connectivity index (χ3v) is 6.29.